The summed E-state index contributed by atoms with van der Waals surface area (Å²) in [6.07, 6.45) is 2.48. The fraction of sp³-hybridized carbons (Fsp3) is 0.294. The van der Waals surface area contributed by atoms with Crippen molar-refractivity contribution in [3.63, 3.8) is 0 Å². The summed E-state index contributed by atoms with van der Waals surface area (Å²) in [5.41, 5.74) is 2.33. The standard InChI is InChI=1S/C17H17ClFN/c18-15-3-1-2-12(10-15)11-20-17(13-4-5-13)14-6-8-16(19)9-7-14/h1-3,6-10,13,17,20H,4-5,11H2. The zero-order valence-electron chi connectivity index (χ0n) is 11.2. The van der Waals surface area contributed by atoms with Crippen LogP contribution in [-0.2, 0) is 6.54 Å². The molecule has 1 atom stereocenters. The normalized spacial score (nSPS) is 16.1. The molecule has 0 radical (unpaired) electrons. The van der Waals surface area contributed by atoms with Gasteiger partial charge in [-0.15, -0.1) is 0 Å². The average Bonchev–Trinajstić information content (AvgIpc) is 3.26. The molecule has 0 aliphatic heterocycles. The number of halogens is 2. The first-order valence-corrected chi connectivity index (χ1v) is 7.33. The van der Waals surface area contributed by atoms with Crippen LogP contribution in [0.1, 0.15) is 30.0 Å². The lowest BCUT2D eigenvalue weighted by Crippen LogP contribution is -2.22. The second kappa shape index (κ2) is 5.94. The van der Waals surface area contributed by atoms with Gasteiger partial charge in [-0.25, -0.2) is 4.39 Å². The molecule has 0 heterocycles. The number of nitrogens with one attached hydrogen (secondary N) is 1. The first kappa shape index (κ1) is 13.6. The van der Waals surface area contributed by atoms with Crippen LogP contribution in [0, 0.1) is 11.7 Å². The number of rotatable bonds is 5. The van der Waals surface area contributed by atoms with Crippen LogP contribution in [0.4, 0.5) is 4.39 Å². The van der Waals surface area contributed by atoms with E-state index in [0.717, 1.165) is 17.1 Å². The van der Waals surface area contributed by atoms with Gasteiger partial charge in [-0.3, -0.25) is 0 Å². The van der Waals surface area contributed by atoms with Crippen LogP contribution in [0.5, 0.6) is 0 Å². The predicted octanol–water partition coefficient (Wildman–Crippen LogP) is 4.72. The molecule has 1 nitrogen and oxygen atoms in total. The summed E-state index contributed by atoms with van der Waals surface area (Å²) >= 11 is 6.00. The van der Waals surface area contributed by atoms with Crippen LogP contribution >= 0.6 is 11.6 Å². The number of hydrogen-bond donors (Lipinski definition) is 1. The molecule has 0 bridgehead atoms. The maximum absolute atomic E-state index is 13.0. The fourth-order valence-corrected chi connectivity index (χ4v) is 2.74. The van der Waals surface area contributed by atoms with Gasteiger partial charge in [-0.1, -0.05) is 35.9 Å². The summed E-state index contributed by atoms with van der Waals surface area (Å²) in [6, 6.07) is 15.0. The second-order valence-electron chi connectivity index (χ2n) is 5.38. The van der Waals surface area contributed by atoms with Gasteiger partial charge >= 0.3 is 0 Å². The summed E-state index contributed by atoms with van der Waals surface area (Å²) < 4.78 is 13.0. The third-order valence-electron chi connectivity index (χ3n) is 3.74. The highest BCUT2D eigenvalue weighted by atomic mass is 35.5. The van der Waals surface area contributed by atoms with E-state index in [0.29, 0.717) is 12.0 Å². The minimum Gasteiger partial charge on any atom is -0.306 e. The van der Waals surface area contributed by atoms with E-state index in [2.05, 4.69) is 11.4 Å². The lowest BCUT2D eigenvalue weighted by Gasteiger charge is -2.19. The Morgan fingerprint density at radius 1 is 1.15 bits per heavy atom. The lowest BCUT2D eigenvalue weighted by molar-refractivity contribution is 0.479. The summed E-state index contributed by atoms with van der Waals surface area (Å²) in [4.78, 5) is 0. The SMILES string of the molecule is Fc1ccc(C(NCc2cccc(Cl)c2)C2CC2)cc1. The maximum Gasteiger partial charge on any atom is 0.123 e. The molecule has 0 amide bonds. The highest BCUT2D eigenvalue weighted by molar-refractivity contribution is 6.30. The Morgan fingerprint density at radius 3 is 2.55 bits per heavy atom. The van der Waals surface area contributed by atoms with Gasteiger partial charge in [0.15, 0.2) is 0 Å². The van der Waals surface area contributed by atoms with Gasteiger partial charge in [0, 0.05) is 17.6 Å². The molecule has 0 saturated heterocycles. The van der Waals surface area contributed by atoms with E-state index in [1.807, 2.05) is 30.3 Å². The van der Waals surface area contributed by atoms with Crippen LogP contribution in [0.15, 0.2) is 48.5 Å². The van der Waals surface area contributed by atoms with E-state index in [1.54, 1.807) is 0 Å². The van der Waals surface area contributed by atoms with Crippen molar-refractivity contribution in [2.75, 3.05) is 0 Å². The Morgan fingerprint density at radius 2 is 1.90 bits per heavy atom. The highest BCUT2D eigenvalue weighted by Gasteiger charge is 2.31. The van der Waals surface area contributed by atoms with E-state index < -0.39 is 0 Å². The van der Waals surface area contributed by atoms with Crippen molar-refractivity contribution < 1.29 is 4.39 Å². The molecule has 1 saturated carbocycles. The predicted molar refractivity (Wildman–Crippen MR) is 80.2 cm³/mol. The van der Waals surface area contributed by atoms with E-state index in [4.69, 9.17) is 11.6 Å². The smallest absolute Gasteiger partial charge is 0.123 e. The van der Waals surface area contributed by atoms with Crippen molar-refractivity contribution in [3.05, 3.63) is 70.5 Å². The van der Waals surface area contributed by atoms with Gasteiger partial charge in [-0.2, -0.15) is 0 Å². The molecule has 0 spiro atoms. The monoisotopic (exact) mass is 289 g/mol. The minimum atomic E-state index is -0.182. The van der Waals surface area contributed by atoms with Gasteiger partial charge < -0.3 is 5.32 Å². The molecule has 1 N–H and O–H groups in total. The van der Waals surface area contributed by atoms with Crippen molar-refractivity contribution in [2.24, 2.45) is 5.92 Å². The second-order valence-corrected chi connectivity index (χ2v) is 5.81. The van der Waals surface area contributed by atoms with Crippen LogP contribution in [0.25, 0.3) is 0 Å². The molecule has 3 rings (SSSR count). The van der Waals surface area contributed by atoms with Gasteiger partial charge in [0.2, 0.25) is 0 Å². The van der Waals surface area contributed by atoms with Crippen molar-refractivity contribution in [2.45, 2.75) is 25.4 Å². The maximum atomic E-state index is 13.0. The first-order valence-electron chi connectivity index (χ1n) is 6.95. The zero-order chi connectivity index (χ0) is 13.9. The Labute approximate surface area is 123 Å². The van der Waals surface area contributed by atoms with Crippen LogP contribution in [0.3, 0.4) is 0 Å². The molecule has 1 aliphatic carbocycles. The molecule has 104 valence electrons. The lowest BCUT2D eigenvalue weighted by atomic mass is 10.0. The summed E-state index contributed by atoms with van der Waals surface area (Å²) in [7, 11) is 0. The van der Waals surface area contributed by atoms with E-state index in [1.165, 1.54) is 30.5 Å². The molecule has 3 heteroatoms. The Kier molecular flexibility index (Phi) is 4.04. The van der Waals surface area contributed by atoms with E-state index in [9.17, 15) is 4.39 Å². The molecular formula is C17H17ClFN. The van der Waals surface area contributed by atoms with Crippen molar-refractivity contribution in [1.29, 1.82) is 0 Å². The van der Waals surface area contributed by atoms with Crippen molar-refractivity contribution in [3.8, 4) is 0 Å². The molecule has 2 aromatic carbocycles. The Bertz CT molecular complexity index is 578. The molecule has 0 aromatic heterocycles. The van der Waals surface area contributed by atoms with Gasteiger partial charge in [0.25, 0.3) is 0 Å². The molecule has 20 heavy (non-hydrogen) atoms. The molecule has 1 aliphatic rings. The zero-order valence-corrected chi connectivity index (χ0v) is 11.9. The number of hydrogen-bond acceptors (Lipinski definition) is 1. The topological polar surface area (TPSA) is 12.0 Å². The molecule has 1 fully saturated rings. The molecule has 1 unspecified atom stereocenters. The minimum absolute atomic E-state index is 0.182. The van der Waals surface area contributed by atoms with Crippen LogP contribution < -0.4 is 5.32 Å². The van der Waals surface area contributed by atoms with Crippen LogP contribution in [0.2, 0.25) is 5.02 Å². The molecule has 2 aromatic rings. The van der Waals surface area contributed by atoms with Gasteiger partial charge in [0.1, 0.15) is 5.82 Å². The van der Waals surface area contributed by atoms with Gasteiger partial charge in [0.05, 0.1) is 0 Å². The third kappa shape index (κ3) is 3.38. The van der Waals surface area contributed by atoms with E-state index >= 15 is 0 Å². The number of benzene rings is 2. The Balaban J connectivity index is 1.70. The summed E-state index contributed by atoms with van der Waals surface area (Å²) in [5, 5.41) is 4.34. The summed E-state index contributed by atoms with van der Waals surface area (Å²) in [6.45, 7) is 0.777. The van der Waals surface area contributed by atoms with Gasteiger partial charge in [-0.05, 0) is 54.2 Å². The average molecular weight is 290 g/mol. The molecular weight excluding hydrogens is 273 g/mol. The van der Waals surface area contributed by atoms with Crippen molar-refractivity contribution in [1.82, 2.24) is 5.32 Å². The quantitative estimate of drug-likeness (QED) is 0.840. The highest BCUT2D eigenvalue weighted by Crippen LogP contribution is 2.41. The fourth-order valence-electron chi connectivity index (χ4n) is 2.53. The first-order chi connectivity index (χ1) is 9.72. The largest absolute Gasteiger partial charge is 0.306 e. The van der Waals surface area contributed by atoms with Crippen molar-refractivity contribution >= 4 is 11.6 Å². The Hall–Kier alpha value is -1.38. The summed E-state index contributed by atoms with van der Waals surface area (Å²) in [5.74, 6) is 0.484. The third-order valence-corrected chi connectivity index (χ3v) is 3.97. The van der Waals surface area contributed by atoms with Crippen LogP contribution in [-0.4, -0.2) is 0 Å². The van der Waals surface area contributed by atoms with E-state index in [-0.39, 0.29) is 5.82 Å².